The Bertz CT molecular complexity index is 949. The summed E-state index contributed by atoms with van der Waals surface area (Å²) >= 11 is 0. The van der Waals surface area contributed by atoms with Gasteiger partial charge in [-0.3, -0.25) is 4.79 Å². The molecule has 2 aromatic carbocycles. The lowest BCUT2D eigenvalue weighted by molar-refractivity contribution is -0.216. The Kier molecular flexibility index (Phi) is 3.96. The fourth-order valence-corrected chi connectivity index (χ4v) is 5.42. The molecule has 1 N–H and O–H groups in total. The maximum Gasteiger partial charge on any atom is 0.409 e. The quantitative estimate of drug-likeness (QED) is 0.860. The first-order chi connectivity index (χ1) is 14.0. The maximum atomic E-state index is 12.8. The van der Waals surface area contributed by atoms with E-state index in [0.29, 0.717) is 19.4 Å². The van der Waals surface area contributed by atoms with Crippen LogP contribution in [0.25, 0.3) is 11.1 Å². The summed E-state index contributed by atoms with van der Waals surface area (Å²) in [6.07, 6.45) is 0.413. The SMILES string of the molecule is COC12CN(C(=O)OCC3c4ccccc4-c4ccccc43)CC(C(=O)O)(C1)C2. The lowest BCUT2D eigenvalue weighted by atomic mass is 9.56. The van der Waals surface area contributed by atoms with E-state index < -0.39 is 23.1 Å². The maximum absolute atomic E-state index is 12.8. The third kappa shape index (κ3) is 2.66. The van der Waals surface area contributed by atoms with Crippen molar-refractivity contribution in [2.45, 2.75) is 24.4 Å². The second-order valence-corrected chi connectivity index (χ2v) is 8.49. The molecule has 150 valence electrons. The first-order valence-corrected chi connectivity index (χ1v) is 9.85. The van der Waals surface area contributed by atoms with Crippen LogP contribution in [0.15, 0.2) is 48.5 Å². The summed E-state index contributed by atoms with van der Waals surface area (Å²) in [4.78, 5) is 26.1. The first kappa shape index (κ1) is 18.2. The van der Waals surface area contributed by atoms with Crippen LogP contribution in [-0.2, 0) is 14.3 Å². The van der Waals surface area contributed by atoms with Crippen molar-refractivity contribution in [2.24, 2.45) is 5.41 Å². The number of carbonyl (C=O) groups excluding carboxylic acids is 1. The molecule has 6 rings (SSSR count). The first-order valence-electron chi connectivity index (χ1n) is 9.85. The van der Waals surface area contributed by atoms with Crippen molar-refractivity contribution in [3.05, 3.63) is 59.7 Å². The van der Waals surface area contributed by atoms with Crippen LogP contribution in [0, 0.1) is 5.41 Å². The molecule has 6 heteroatoms. The summed E-state index contributed by atoms with van der Waals surface area (Å²) < 4.78 is 11.3. The van der Waals surface area contributed by atoms with E-state index in [1.54, 1.807) is 7.11 Å². The molecule has 0 unspecified atom stereocenters. The van der Waals surface area contributed by atoms with Crippen LogP contribution in [0.3, 0.4) is 0 Å². The van der Waals surface area contributed by atoms with E-state index in [1.165, 1.54) is 16.0 Å². The monoisotopic (exact) mass is 393 g/mol. The summed E-state index contributed by atoms with van der Waals surface area (Å²) in [6, 6.07) is 16.3. The molecule has 1 saturated carbocycles. The number of hydrogen-bond donors (Lipinski definition) is 1. The Balaban J connectivity index is 1.33. The normalized spacial score (nSPS) is 27.0. The number of aliphatic carboxylic acids is 1. The van der Waals surface area contributed by atoms with Gasteiger partial charge in [-0.25, -0.2) is 4.79 Å². The van der Waals surface area contributed by atoms with Crippen molar-refractivity contribution in [3.63, 3.8) is 0 Å². The topological polar surface area (TPSA) is 76.1 Å². The number of methoxy groups -OCH3 is 1. The zero-order valence-corrected chi connectivity index (χ0v) is 16.3. The number of piperidine rings is 2. The minimum atomic E-state index is -0.917. The molecule has 2 aliphatic carbocycles. The Labute approximate surface area is 169 Å². The van der Waals surface area contributed by atoms with E-state index in [4.69, 9.17) is 9.47 Å². The molecular formula is C23H23NO5. The molecule has 3 fully saturated rings. The molecule has 2 aliphatic heterocycles. The van der Waals surface area contributed by atoms with E-state index in [-0.39, 0.29) is 19.1 Å². The molecule has 0 atom stereocenters. The molecule has 0 spiro atoms. The number of ether oxygens (including phenoxy) is 2. The second-order valence-electron chi connectivity index (χ2n) is 8.49. The number of amides is 1. The lowest BCUT2D eigenvalue weighted by Gasteiger charge is -2.59. The van der Waals surface area contributed by atoms with Crippen molar-refractivity contribution in [2.75, 3.05) is 26.8 Å². The molecular weight excluding hydrogens is 370 g/mol. The smallest absolute Gasteiger partial charge is 0.409 e. The predicted molar refractivity (Wildman–Crippen MR) is 106 cm³/mol. The highest BCUT2D eigenvalue weighted by atomic mass is 16.6. The molecule has 0 aromatic heterocycles. The zero-order valence-electron chi connectivity index (χ0n) is 16.3. The van der Waals surface area contributed by atoms with E-state index in [9.17, 15) is 14.7 Å². The number of nitrogens with zero attached hydrogens (tertiary/aromatic N) is 1. The minimum absolute atomic E-state index is 0.0181. The second kappa shape index (κ2) is 6.32. The van der Waals surface area contributed by atoms with Gasteiger partial charge in [-0.05, 0) is 35.1 Å². The number of fused-ring (bicyclic) bond motifs is 5. The van der Waals surface area contributed by atoms with Gasteiger partial charge in [-0.1, -0.05) is 48.5 Å². The van der Waals surface area contributed by atoms with E-state index in [2.05, 4.69) is 24.3 Å². The highest BCUT2D eigenvalue weighted by molar-refractivity contribution is 5.80. The van der Waals surface area contributed by atoms with Crippen LogP contribution in [0.4, 0.5) is 4.79 Å². The van der Waals surface area contributed by atoms with Gasteiger partial charge in [0, 0.05) is 19.6 Å². The lowest BCUT2D eigenvalue weighted by Crippen LogP contribution is -2.71. The van der Waals surface area contributed by atoms with Crippen LogP contribution in [0.2, 0.25) is 0 Å². The van der Waals surface area contributed by atoms with Crippen molar-refractivity contribution in [3.8, 4) is 11.1 Å². The molecule has 2 saturated heterocycles. The van der Waals surface area contributed by atoms with E-state index in [0.717, 1.165) is 11.1 Å². The molecule has 2 bridgehead atoms. The van der Waals surface area contributed by atoms with Gasteiger partial charge in [-0.15, -0.1) is 0 Å². The van der Waals surface area contributed by atoms with Crippen LogP contribution in [0.5, 0.6) is 0 Å². The van der Waals surface area contributed by atoms with Crippen molar-refractivity contribution >= 4 is 12.1 Å². The Hall–Kier alpha value is -2.86. The molecule has 2 aromatic rings. The minimum Gasteiger partial charge on any atom is -0.481 e. The number of hydrogen-bond acceptors (Lipinski definition) is 4. The summed E-state index contributed by atoms with van der Waals surface area (Å²) in [6.45, 7) is 0.767. The number of carbonyl (C=O) groups is 2. The summed E-state index contributed by atoms with van der Waals surface area (Å²) in [5.41, 5.74) is 3.16. The molecule has 29 heavy (non-hydrogen) atoms. The van der Waals surface area contributed by atoms with E-state index >= 15 is 0 Å². The molecule has 4 aliphatic rings. The number of rotatable bonds is 4. The van der Waals surface area contributed by atoms with Gasteiger partial charge in [0.2, 0.25) is 0 Å². The van der Waals surface area contributed by atoms with Gasteiger partial charge in [0.05, 0.1) is 17.6 Å². The molecule has 0 radical (unpaired) electrons. The van der Waals surface area contributed by atoms with Crippen molar-refractivity contribution in [1.82, 2.24) is 4.90 Å². The predicted octanol–water partition coefficient (Wildman–Crippen LogP) is 3.50. The number of benzene rings is 2. The standard InChI is InChI=1S/C23H23NO5/c1-28-23-11-22(12-23,20(25)26)13-24(14-23)21(27)29-10-19-17-8-4-2-6-15(17)16-7-3-5-9-18(16)19/h2-9,19H,10-14H2,1H3,(H,25,26). The number of carboxylic acid groups (broad SMARTS) is 1. The Morgan fingerprint density at radius 1 is 1.03 bits per heavy atom. The Morgan fingerprint density at radius 2 is 1.62 bits per heavy atom. The van der Waals surface area contributed by atoms with Crippen molar-refractivity contribution < 1.29 is 24.2 Å². The fourth-order valence-electron chi connectivity index (χ4n) is 5.42. The van der Waals surface area contributed by atoms with Gasteiger partial charge < -0.3 is 19.5 Å². The highest BCUT2D eigenvalue weighted by Crippen LogP contribution is 2.55. The fraction of sp³-hybridized carbons (Fsp3) is 0.391. The van der Waals surface area contributed by atoms with Crippen LogP contribution in [0.1, 0.15) is 29.9 Å². The molecule has 6 nitrogen and oxygen atoms in total. The zero-order chi connectivity index (χ0) is 20.2. The van der Waals surface area contributed by atoms with E-state index in [1.807, 2.05) is 24.3 Å². The highest BCUT2D eigenvalue weighted by Gasteiger charge is 2.65. The summed E-state index contributed by atoms with van der Waals surface area (Å²) in [5, 5.41) is 9.63. The molecule has 1 amide bonds. The summed E-state index contributed by atoms with van der Waals surface area (Å²) in [5.74, 6) is -0.892. The van der Waals surface area contributed by atoms with Crippen LogP contribution >= 0.6 is 0 Å². The third-order valence-corrected chi connectivity index (χ3v) is 6.77. The van der Waals surface area contributed by atoms with Gasteiger partial charge in [0.1, 0.15) is 6.61 Å². The van der Waals surface area contributed by atoms with Gasteiger partial charge >= 0.3 is 12.1 Å². The van der Waals surface area contributed by atoms with Gasteiger partial charge in [0.25, 0.3) is 0 Å². The summed E-state index contributed by atoms with van der Waals surface area (Å²) in [7, 11) is 1.58. The van der Waals surface area contributed by atoms with Crippen LogP contribution < -0.4 is 0 Å². The average molecular weight is 393 g/mol. The van der Waals surface area contributed by atoms with Crippen molar-refractivity contribution in [1.29, 1.82) is 0 Å². The molecule has 2 heterocycles. The van der Waals surface area contributed by atoms with Gasteiger partial charge in [0.15, 0.2) is 0 Å². The van der Waals surface area contributed by atoms with Crippen LogP contribution in [-0.4, -0.2) is 54.5 Å². The largest absolute Gasteiger partial charge is 0.481 e. The Morgan fingerprint density at radius 3 is 2.17 bits per heavy atom. The third-order valence-electron chi connectivity index (χ3n) is 6.77. The average Bonchev–Trinajstić information content (AvgIpc) is 3.05. The number of carboxylic acids is 1. The van der Waals surface area contributed by atoms with Gasteiger partial charge in [-0.2, -0.15) is 0 Å².